The third-order valence-electron chi connectivity index (χ3n) is 2.44. The number of rotatable bonds is 1. The molecule has 1 heterocycles. The quantitative estimate of drug-likeness (QED) is 0.584. The van der Waals surface area contributed by atoms with E-state index in [1.54, 1.807) is 12.3 Å². The fourth-order valence-corrected chi connectivity index (χ4v) is 1.72. The largest absolute Gasteiger partial charge is 0.464 e. The molecular weight excluding hydrogens is 204 g/mol. The second kappa shape index (κ2) is 3.81. The summed E-state index contributed by atoms with van der Waals surface area (Å²) in [5, 5.41) is 1.55. The Morgan fingerprint density at radius 3 is 2.81 bits per heavy atom. The first-order valence-corrected chi connectivity index (χ1v) is 4.86. The average molecular weight is 216 g/mol. The molecule has 4 nitrogen and oxygen atoms in total. The van der Waals surface area contributed by atoms with Gasteiger partial charge in [-0.3, -0.25) is 0 Å². The zero-order chi connectivity index (χ0) is 11.7. The number of hydrogen-bond acceptors (Lipinski definition) is 4. The Labute approximate surface area is 93.0 Å². The summed E-state index contributed by atoms with van der Waals surface area (Å²) in [6.45, 7) is 1.92. The molecule has 0 aliphatic heterocycles. The number of methoxy groups -OCH3 is 1. The second-order valence-corrected chi connectivity index (χ2v) is 3.60. The molecule has 1 aromatic heterocycles. The van der Waals surface area contributed by atoms with E-state index in [0.717, 1.165) is 16.3 Å². The van der Waals surface area contributed by atoms with Crippen LogP contribution in [0.2, 0.25) is 0 Å². The maximum Gasteiger partial charge on any atom is 0.357 e. The topological polar surface area (TPSA) is 65.2 Å². The lowest BCUT2D eigenvalue weighted by Gasteiger charge is -2.07. The molecule has 16 heavy (non-hydrogen) atoms. The van der Waals surface area contributed by atoms with Gasteiger partial charge in [-0.05, 0) is 30.7 Å². The number of nitrogens with two attached hydrogens (primary N) is 1. The molecule has 0 aliphatic carbocycles. The molecule has 1 aromatic carbocycles. The van der Waals surface area contributed by atoms with Crippen LogP contribution in [0.25, 0.3) is 10.8 Å². The predicted octanol–water partition coefficient (Wildman–Crippen LogP) is 1.91. The molecule has 4 heteroatoms. The monoisotopic (exact) mass is 216 g/mol. The summed E-state index contributed by atoms with van der Waals surface area (Å²) in [5.74, 6) is -0.449. The number of carbonyl (C=O) groups is 1. The smallest absolute Gasteiger partial charge is 0.357 e. The van der Waals surface area contributed by atoms with Crippen molar-refractivity contribution in [1.29, 1.82) is 0 Å². The van der Waals surface area contributed by atoms with Gasteiger partial charge in [-0.2, -0.15) is 0 Å². The number of ether oxygens (including phenoxy) is 1. The van der Waals surface area contributed by atoms with Crippen LogP contribution in [0.5, 0.6) is 0 Å². The molecule has 0 saturated carbocycles. The number of benzene rings is 1. The molecule has 0 atom stereocenters. The maximum atomic E-state index is 11.5. The predicted molar refractivity (Wildman–Crippen MR) is 62.2 cm³/mol. The third kappa shape index (κ3) is 1.58. The SMILES string of the molecule is COC(=O)c1nccc2c(N)cc(C)cc12. The number of anilines is 1. The van der Waals surface area contributed by atoms with Crippen LogP contribution in [0, 0.1) is 6.92 Å². The molecular formula is C12H12N2O2. The van der Waals surface area contributed by atoms with Gasteiger partial charge in [-0.15, -0.1) is 0 Å². The van der Waals surface area contributed by atoms with E-state index in [1.807, 2.05) is 19.1 Å². The van der Waals surface area contributed by atoms with E-state index in [2.05, 4.69) is 9.72 Å². The number of hydrogen-bond donors (Lipinski definition) is 1. The van der Waals surface area contributed by atoms with Crippen LogP contribution in [0.3, 0.4) is 0 Å². The summed E-state index contributed by atoms with van der Waals surface area (Å²) >= 11 is 0. The van der Waals surface area contributed by atoms with Crippen molar-refractivity contribution in [2.75, 3.05) is 12.8 Å². The van der Waals surface area contributed by atoms with E-state index in [9.17, 15) is 4.79 Å². The van der Waals surface area contributed by atoms with E-state index in [1.165, 1.54) is 7.11 Å². The van der Waals surface area contributed by atoms with Gasteiger partial charge in [-0.25, -0.2) is 9.78 Å². The highest BCUT2D eigenvalue weighted by atomic mass is 16.5. The van der Waals surface area contributed by atoms with E-state index in [4.69, 9.17) is 5.73 Å². The number of aryl methyl sites for hydroxylation is 1. The summed E-state index contributed by atoms with van der Waals surface area (Å²) in [5.41, 5.74) is 7.82. The van der Waals surface area contributed by atoms with E-state index in [0.29, 0.717) is 11.4 Å². The van der Waals surface area contributed by atoms with Crippen molar-refractivity contribution in [2.45, 2.75) is 6.92 Å². The molecule has 0 bridgehead atoms. The highest BCUT2D eigenvalue weighted by molar-refractivity contribution is 6.06. The summed E-state index contributed by atoms with van der Waals surface area (Å²) in [6.07, 6.45) is 1.56. The number of aromatic nitrogens is 1. The van der Waals surface area contributed by atoms with Crippen molar-refractivity contribution in [1.82, 2.24) is 4.98 Å². The van der Waals surface area contributed by atoms with Crippen molar-refractivity contribution >= 4 is 22.4 Å². The summed E-state index contributed by atoms with van der Waals surface area (Å²) in [7, 11) is 1.34. The Hall–Kier alpha value is -2.10. The van der Waals surface area contributed by atoms with Crippen molar-refractivity contribution in [3.63, 3.8) is 0 Å². The van der Waals surface area contributed by atoms with E-state index >= 15 is 0 Å². The highest BCUT2D eigenvalue weighted by Crippen LogP contribution is 2.24. The van der Waals surface area contributed by atoms with Gasteiger partial charge < -0.3 is 10.5 Å². The molecule has 0 saturated heterocycles. The van der Waals surface area contributed by atoms with Crippen LogP contribution in [-0.2, 0) is 4.74 Å². The van der Waals surface area contributed by atoms with Crippen LogP contribution in [0.1, 0.15) is 16.1 Å². The van der Waals surface area contributed by atoms with Crippen LogP contribution in [0.15, 0.2) is 24.4 Å². The fraction of sp³-hybridized carbons (Fsp3) is 0.167. The van der Waals surface area contributed by atoms with Crippen molar-refractivity contribution in [2.24, 2.45) is 0 Å². The van der Waals surface area contributed by atoms with Crippen LogP contribution < -0.4 is 5.73 Å². The minimum absolute atomic E-state index is 0.301. The third-order valence-corrected chi connectivity index (χ3v) is 2.44. The Kier molecular flexibility index (Phi) is 2.48. The van der Waals surface area contributed by atoms with Gasteiger partial charge in [0.15, 0.2) is 5.69 Å². The molecule has 0 spiro atoms. The van der Waals surface area contributed by atoms with Crippen LogP contribution in [0.4, 0.5) is 5.69 Å². The average Bonchev–Trinajstić information content (AvgIpc) is 2.27. The van der Waals surface area contributed by atoms with Gasteiger partial charge in [0.2, 0.25) is 0 Å². The first-order valence-electron chi connectivity index (χ1n) is 4.86. The zero-order valence-corrected chi connectivity index (χ0v) is 9.15. The first kappa shape index (κ1) is 10.4. The van der Waals surface area contributed by atoms with E-state index in [-0.39, 0.29) is 0 Å². The van der Waals surface area contributed by atoms with Gasteiger partial charge in [-0.1, -0.05) is 0 Å². The number of carbonyl (C=O) groups excluding carboxylic acids is 1. The zero-order valence-electron chi connectivity index (χ0n) is 9.15. The standard InChI is InChI=1S/C12H12N2O2/c1-7-5-9-8(10(13)6-7)3-4-14-11(9)12(15)16-2/h3-6H,13H2,1-2H3. The van der Waals surface area contributed by atoms with Gasteiger partial charge in [0.05, 0.1) is 7.11 Å². The van der Waals surface area contributed by atoms with Gasteiger partial charge >= 0.3 is 5.97 Å². The summed E-state index contributed by atoms with van der Waals surface area (Å²) in [4.78, 5) is 15.6. The molecule has 2 rings (SSSR count). The second-order valence-electron chi connectivity index (χ2n) is 3.60. The lowest BCUT2D eigenvalue weighted by Crippen LogP contribution is -2.05. The lowest BCUT2D eigenvalue weighted by atomic mass is 10.0. The van der Waals surface area contributed by atoms with Crippen LogP contribution >= 0.6 is 0 Å². The molecule has 0 amide bonds. The molecule has 0 fully saturated rings. The summed E-state index contributed by atoms with van der Waals surface area (Å²) < 4.78 is 4.68. The molecule has 0 aliphatic rings. The minimum Gasteiger partial charge on any atom is -0.464 e. The Morgan fingerprint density at radius 1 is 1.38 bits per heavy atom. The van der Waals surface area contributed by atoms with Crippen LogP contribution in [-0.4, -0.2) is 18.1 Å². The lowest BCUT2D eigenvalue weighted by molar-refractivity contribution is 0.0596. The van der Waals surface area contributed by atoms with Gasteiger partial charge in [0, 0.05) is 22.7 Å². The Balaban J connectivity index is 2.81. The number of pyridine rings is 1. The van der Waals surface area contributed by atoms with Gasteiger partial charge in [0.25, 0.3) is 0 Å². The highest BCUT2D eigenvalue weighted by Gasteiger charge is 2.13. The van der Waals surface area contributed by atoms with Crippen molar-refractivity contribution < 1.29 is 9.53 Å². The number of fused-ring (bicyclic) bond motifs is 1. The maximum absolute atomic E-state index is 11.5. The number of esters is 1. The van der Waals surface area contributed by atoms with Crippen molar-refractivity contribution in [3.8, 4) is 0 Å². The molecule has 2 N–H and O–H groups in total. The normalized spacial score (nSPS) is 10.4. The molecule has 2 aromatic rings. The summed E-state index contributed by atoms with van der Waals surface area (Å²) in [6, 6.07) is 5.53. The molecule has 82 valence electrons. The Bertz CT molecular complexity index is 564. The van der Waals surface area contributed by atoms with Crippen molar-refractivity contribution in [3.05, 3.63) is 35.7 Å². The fourth-order valence-electron chi connectivity index (χ4n) is 1.72. The minimum atomic E-state index is -0.449. The molecule has 0 radical (unpaired) electrons. The molecule has 0 unspecified atom stereocenters. The number of nitrogen functional groups attached to an aromatic ring is 1. The first-order chi connectivity index (χ1) is 7.63. The number of nitrogens with zero attached hydrogens (tertiary/aromatic N) is 1. The van der Waals surface area contributed by atoms with Gasteiger partial charge in [0.1, 0.15) is 0 Å². The van der Waals surface area contributed by atoms with E-state index < -0.39 is 5.97 Å². The Morgan fingerprint density at radius 2 is 2.12 bits per heavy atom.